The van der Waals surface area contributed by atoms with Gasteiger partial charge in [-0.25, -0.2) is 4.79 Å². The topological polar surface area (TPSA) is 79.5 Å². The molecule has 136 valence electrons. The maximum absolute atomic E-state index is 12.3. The van der Waals surface area contributed by atoms with Gasteiger partial charge in [0.2, 0.25) is 5.91 Å². The molecule has 0 bridgehead atoms. The molecule has 3 fully saturated rings. The number of ether oxygens (including phenoxy) is 1. The Morgan fingerprint density at radius 3 is 2.88 bits per heavy atom. The van der Waals surface area contributed by atoms with Crippen LogP contribution in [0.3, 0.4) is 0 Å². The van der Waals surface area contributed by atoms with Crippen LogP contribution in [0.4, 0.5) is 4.79 Å². The lowest BCUT2D eigenvalue weighted by Gasteiger charge is -2.23. The van der Waals surface area contributed by atoms with Crippen molar-refractivity contribution >= 4 is 35.5 Å². The Hall–Kier alpha value is -0.440. The molecule has 1 saturated carbocycles. The molecule has 0 aromatic rings. The van der Waals surface area contributed by atoms with Crippen molar-refractivity contribution in [1.82, 2.24) is 16.0 Å². The SMILES string of the molecule is CCOC(=O)NC(=O)C1CCSC1NCC1NC2CCCCC2S1. The Morgan fingerprint density at radius 1 is 1.25 bits per heavy atom. The summed E-state index contributed by atoms with van der Waals surface area (Å²) in [6, 6.07) is 0.662. The number of hydrogen-bond acceptors (Lipinski definition) is 7. The number of nitrogens with one attached hydrogen (secondary N) is 3. The highest BCUT2D eigenvalue weighted by atomic mass is 32.2. The number of amides is 2. The number of carbonyl (C=O) groups is 2. The van der Waals surface area contributed by atoms with Crippen LogP contribution in [0.25, 0.3) is 0 Å². The lowest BCUT2D eigenvalue weighted by atomic mass is 9.95. The molecule has 2 heterocycles. The molecule has 6 nitrogen and oxygen atoms in total. The van der Waals surface area contributed by atoms with E-state index in [2.05, 4.69) is 16.0 Å². The molecule has 2 amide bonds. The lowest BCUT2D eigenvalue weighted by molar-refractivity contribution is -0.124. The van der Waals surface area contributed by atoms with E-state index >= 15 is 0 Å². The summed E-state index contributed by atoms with van der Waals surface area (Å²) in [5.74, 6) is 0.541. The van der Waals surface area contributed by atoms with Gasteiger partial charge in [0.15, 0.2) is 0 Å². The number of carbonyl (C=O) groups excluding carboxylic acids is 2. The van der Waals surface area contributed by atoms with Crippen molar-refractivity contribution in [1.29, 1.82) is 0 Å². The third-order valence-corrected chi connectivity index (χ3v) is 7.75. The fourth-order valence-electron chi connectivity index (χ4n) is 3.69. The number of rotatable bonds is 5. The van der Waals surface area contributed by atoms with E-state index in [1.165, 1.54) is 25.7 Å². The van der Waals surface area contributed by atoms with E-state index in [4.69, 9.17) is 4.74 Å². The minimum Gasteiger partial charge on any atom is -0.450 e. The van der Waals surface area contributed by atoms with Crippen molar-refractivity contribution in [2.24, 2.45) is 5.92 Å². The highest BCUT2D eigenvalue weighted by Crippen LogP contribution is 2.37. The maximum Gasteiger partial charge on any atom is 0.413 e. The zero-order valence-corrected chi connectivity index (χ0v) is 15.7. The van der Waals surface area contributed by atoms with Crippen LogP contribution in [0.2, 0.25) is 0 Å². The van der Waals surface area contributed by atoms with E-state index < -0.39 is 6.09 Å². The van der Waals surface area contributed by atoms with E-state index in [1.807, 2.05) is 11.8 Å². The standard InChI is InChI=1S/C16H27N3O3S2/c1-2-22-16(21)19-14(20)10-7-8-23-15(10)17-9-13-18-11-5-3-4-6-12(11)24-13/h10-13,15,17-18H,2-9H2,1H3,(H,19,20,21). The number of fused-ring (bicyclic) bond motifs is 1. The van der Waals surface area contributed by atoms with Gasteiger partial charge in [-0.05, 0) is 31.9 Å². The Morgan fingerprint density at radius 2 is 2.08 bits per heavy atom. The maximum atomic E-state index is 12.3. The normalized spacial score (nSPS) is 35.5. The predicted octanol–water partition coefficient (Wildman–Crippen LogP) is 1.90. The van der Waals surface area contributed by atoms with Crippen molar-refractivity contribution in [2.45, 2.75) is 61.1 Å². The van der Waals surface area contributed by atoms with Gasteiger partial charge >= 0.3 is 6.09 Å². The molecule has 3 aliphatic rings. The van der Waals surface area contributed by atoms with Crippen LogP contribution in [-0.4, -0.2) is 52.9 Å². The van der Waals surface area contributed by atoms with Gasteiger partial charge in [-0.2, -0.15) is 0 Å². The largest absolute Gasteiger partial charge is 0.450 e. The molecule has 0 radical (unpaired) electrons. The van der Waals surface area contributed by atoms with Gasteiger partial charge in [-0.15, -0.1) is 23.5 Å². The summed E-state index contributed by atoms with van der Waals surface area (Å²) < 4.78 is 4.79. The summed E-state index contributed by atoms with van der Waals surface area (Å²) in [5, 5.41) is 10.9. The Labute approximate surface area is 152 Å². The summed E-state index contributed by atoms with van der Waals surface area (Å²) >= 11 is 3.81. The molecule has 8 heteroatoms. The summed E-state index contributed by atoms with van der Waals surface area (Å²) in [5.41, 5.74) is 0. The summed E-state index contributed by atoms with van der Waals surface area (Å²) in [7, 11) is 0. The summed E-state index contributed by atoms with van der Waals surface area (Å²) in [4.78, 5) is 23.7. The number of hydrogen-bond donors (Lipinski definition) is 3. The van der Waals surface area contributed by atoms with Crippen LogP contribution < -0.4 is 16.0 Å². The van der Waals surface area contributed by atoms with E-state index in [0.717, 1.165) is 24.0 Å². The molecule has 0 aromatic carbocycles. The van der Waals surface area contributed by atoms with E-state index in [9.17, 15) is 9.59 Å². The average Bonchev–Trinajstić information content (AvgIpc) is 3.19. The zero-order valence-electron chi connectivity index (χ0n) is 14.1. The molecular weight excluding hydrogens is 346 g/mol. The monoisotopic (exact) mass is 373 g/mol. The molecular formula is C16H27N3O3S2. The highest BCUT2D eigenvalue weighted by molar-refractivity contribution is 8.01. The van der Waals surface area contributed by atoms with Crippen molar-refractivity contribution in [2.75, 3.05) is 18.9 Å². The Balaban J connectivity index is 1.44. The fraction of sp³-hybridized carbons (Fsp3) is 0.875. The van der Waals surface area contributed by atoms with Gasteiger partial charge in [-0.3, -0.25) is 10.1 Å². The number of alkyl carbamates (subject to hydrolysis) is 1. The molecule has 1 aliphatic carbocycles. The first-order valence-corrected chi connectivity index (χ1v) is 10.9. The van der Waals surface area contributed by atoms with Gasteiger partial charge in [0.05, 0.1) is 23.3 Å². The van der Waals surface area contributed by atoms with Crippen molar-refractivity contribution in [3.63, 3.8) is 0 Å². The molecule has 2 saturated heterocycles. The Bertz CT molecular complexity index is 452. The third-order valence-electron chi connectivity index (χ3n) is 4.88. The van der Waals surface area contributed by atoms with Crippen LogP contribution >= 0.6 is 23.5 Å². The second-order valence-electron chi connectivity index (χ2n) is 6.53. The quantitative estimate of drug-likeness (QED) is 0.679. The van der Waals surface area contributed by atoms with Gasteiger partial charge in [0, 0.05) is 17.8 Å². The second kappa shape index (κ2) is 8.78. The zero-order chi connectivity index (χ0) is 16.9. The molecule has 2 aliphatic heterocycles. The van der Waals surface area contributed by atoms with Gasteiger partial charge < -0.3 is 15.4 Å². The van der Waals surface area contributed by atoms with Gasteiger partial charge in [0.1, 0.15) is 0 Å². The van der Waals surface area contributed by atoms with Crippen molar-refractivity contribution < 1.29 is 14.3 Å². The van der Waals surface area contributed by atoms with Gasteiger partial charge in [-0.1, -0.05) is 12.8 Å². The molecule has 3 rings (SSSR count). The highest BCUT2D eigenvalue weighted by Gasteiger charge is 2.38. The van der Waals surface area contributed by atoms with Crippen LogP contribution in [0.15, 0.2) is 0 Å². The molecule has 24 heavy (non-hydrogen) atoms. The minimum absolute atomic E-state index is 0.0736. The first-order chi connectivity index (χ1) is 11.7. The molecule has 5 atom stereocenters. The molecule has 5 unspecified atom stereocenters. The first kappa shape index (κ1) is 18.4. The molecule has 3 N–H and O–H groups in total. The number of thioether (sulfide) groups is 2. The van der Waals surface area contributed by atoms with E-state index in [-0.39, 0.29) is 23.8 Å². The van der Waals surface area contributed by atoms with Crippen LogP contribution in [0.1, 0.15) is 39.0 Å². The van der Waals surface area contributed by atoms with E-state index in [1.54, 1.807) is 18.7 Å². The average molecular weight is 374 g/mol. The molecule has 0 spiro atoms. The van der Waals surface area contributed by atoms with Crippen molar-refractivity contribution in [3.8, 4) is 0 Å². The summed E-state index contributed by atoms with van der Waals surface area (Å²) in [6.45, 7) is 2.86. The lowest BCUT2D eigenvalue weighted by Crippen LogP contribution is -2.46. The van der Waals surface area contributed by atoms with Crippen LogP contribution in [0.5, 0.6) is 0 Å². The minimum atomic E-state index is -0.643. The number of imide groups is 1. The second-order valence-corrected chi connectivity index (χ2v) is 9.22. The Kier molecular flexibility index (Phi) is 6.71. The fourth-order valence-corrected chi connectivity index (χ4v) is 6.61. The third kappa shape index (κ3) is 4.59. The smallest absolute Gasteiger partial charge is 0.413 e. The van der Waals surface area contributed by atoms with Gasteiger partial charge in [0.25, 0.3) is 0 Å². The first-order valence-electron chi connectivity index (χ1n) is 8.91. The summed E-state index contributed by atoms with van der Waals surface area (Å²) in [6.07, 6.45) is 5.45. The van der Waals surface area contributed by atoms with E-state index in [0.29, 0.717) is 11.4 Å². The van der Waals surface area contributed by atoms with Crippen molar-refractivity contribution in [3.05, 3.63) is 0 Å². The van der Waals surface area contributed by atoms with Crippen LogP contribution in [-0.2, 0) is 9.53 Å². The molecule has 0 aromatic heterocycles. The predicted molar refractivity (Wildman–Crippen MR) is 98.1 cm³/mol. The van der Waals surface area contributed by atoms with Crippen LogP contribution in [0, 0.1) is 5.92 Å².